The summed E-state index contributed by atoms with van der Waals surface area (Å²) >= 11 is 1.51. The molecule has 3 heterocycles. The Labute approximate surface area is 156 Å². The number of hydrogen-bond acceptors (Lipinski definition) is 3. The fourth-order valence-corrected chi connectivity index (χ4v) is 4.23. The van der Waals surface area contributed by atoms with E-state index in [4.69, 9.17) is 0 Å². The Kier molecular flexibility index (Phi) is 4.04. The minimum absolute atomic E-state index is 0.0402. The number of aryl methyl sites for hydroxylation is 2. The van der Waals surface area contributed by atoms with E-state index in [2.05, 4.69) is 43.1 Å². The zero-order chi connectivity index (χ0) is 18.4. The lowest BCUT2D eigenvalue weighted by atomic mass is 9.99. The summed E-state index contributed by atoms with van der Waals surface area (Å²) < 4.78 is 3.50. The number of benzene rings is 1. The number of nitrogens with zero attached hydrogens (tertiary/aromatic N) is 3. The van der Waals surface area contributed by atoms with Crippen molar-refractivity contribution in [2.24, 2.45) is 0 Å². The highest BCUT2D eigenvalue weighted by atomic mass is 32.1. The lowest BCUT2D eigenvalue weighted by molar-refractivity contribution is 0.594. The van der Waals surface area contributed by atoms with Gasteiger partial charge in [-0.2, -0.15) is 0 Å². The lowest BCUT2D eigenvalue weighted by Gasteiger charge is -2.12. The van der Waals surface area contributed by atoms with E-state index in [1.165, 1.54) is 16.9 Å². The van der Waals surface area contributed by atoms with Gasteiger partial charge in [0, 0.05) is 22.3 Å². The van der Waals surface area contributed by atoms with E-state index in [1.807, 2.05) is 36.0 Å². The van der Waals surface area contributed by atoms with E-state index in [0.717, 1.165) is 27.3 Å². The van der Waals surface area contributed by atoms with Crippen molar-refractivity contribution >= 4 is 21.6 Å². The van der Waals surface area contributed by atoms with E-state index in [9.17, 15) is 4.79 Å². The molecule has 0 bridgehead atoms. The first-order chi connectivity index (χ1) is 12.5. The smallest absolute Gasteiger partial charge is 0.267 e. The molecule has 4 nitrogen and oxygen atoms in total. The second-order valence-corrected chi connectivity index (χ2v) is 7.79. The van der Waals surface area contributed by atoms with Gasteiger partial charge in [-0.3, -0.25) is 9.47 Å². The van der Waals surface area contributed by atoms with Gasteiger partial charge in [0.25, 0.3) is 5.56 Å². The van der Waals surface area contributed by atoms with Crippen LogP contribution < -0.4 is 5.56 Å². The van der Waals surface area contributed by atoms with Crippen molar-refractivity contribution in [1.29, 1.82) is 0 Å². The van der Waals surface area contributed by atoms with Crippen molar-refractivity contribution in [3.05, 3.63) is 75.4 Å². The Morgan fingerprint density at radius 2 is 1.65 bits per heavy atom. The zero-order valence-electron chi connectivity index (χ0n) is 15.4. The highest BCUT2D eigenvalue weighted by Gasteiger charge is 2.15. The van der Waals surface area contributed by atoms with Gasteiger partial charge in [-0.15, -0.1) is 11.3 Å². The molecule has 0 amide bonds. The van der Waals surface area contributed by atoms with Crippen LogP contribution in [0.1, 0.15) is 36.7 Å². The summed E-state index contributed by atoms with van der Waals surface area (Å²) in [5.74, 6) is 0.488. The first-order valence-corrected chi connectivity index (χ1v) is 9.60. The number of rotatable bonds is 3. The number of thiophene rings is 1. The molecule has 5 heteroatoms. The monoisotopic (exact) mass is 363 g/mol. The van der Waals surface area contributed by atoms with Gasteiger partial charge in [-0.1, -0.05) is 38.1 Å². The van der Waals surface area contributed by atoms with Crippen LogP contribution in [0.3, 0.4) is 0 Å². The third-order valence-electron chi connectivity index (χ3n) is 4.82. The summed E-state index contributed by atoms with van der Waals surface area (Å²) in [5, 5.41) is 2.71. The predicted octanol–water partition coefficient (Wildman–Crippen LogP) is 4.98. The molecule has 0 saturated heterocycles. The Hall–Kier alpha value is -2.66. The Morgan fingerprint density at radius 3 is 2.27 bits per heavy atom. The minimum atomic E-state index is -0.0402. The molecule has 0 saturated carbocycles. The normalized spacial score (nSPS) is 11.6. The molecule has 1 aromatic carbocycles. The highest BCUT2D eigenvalue weighted by Crippen LogP contribution is 2.31. The van der Waals surface area contributed by atoms with Gasteiger partial charge >= 0.3 is 0 Å². The average Bonchev–Trinajstić information content (AvgIpc) is 3.20. The van der Waals surface area contributed by atoms with E-state index < -0.39 is 0 Å². The van der Waals surface area contributed by atoms with Crippen LogP contribution in [0.15, 0.2) is 52.9 Å². The number of fused-ring (bicyclic) bond motifs is 1. The Morgan fingerprint density at radius 1 is 1.00 bits per heavy atom. The second-order valence-electron chi connectivity index (χ2n) is 6.93. The van der Waals surface area contributed by atoms with Crippen molar-refractivity contribution in [3.63, 3.8) is 0 Å². The van der Waals surface area contributed by atoms with Crippen LogP contribution in [0, 0.1) is 13.8 Å². The van der Waals surface area contributed by atoms with E-state index in [0.29, 0.717) is 11.3 Å². The maximum Gasteiger partial charge on any atom is 0.282 e. The van der Waals surface area contributed by atoms with E-state index >= 15 is 0 Å². The van der Waals surface area contributed by atoms with Crippen molar-refractivity contribution in [2.45, 2.75) is 33.6 Å². The SMILES string of the molecule is Cc1ccc(C)n1-n1cnc2scc(-c3ccc(C(C)C)cc3)c2c1=O. The van der Waals surface area contributed by atoms with Gasteiger partial charge in [-0.25, -0.2) is 9.66 Å². The molecule has 132 valence electrons. The molecule has 0 aliphatic carbocycles. The predicted molar refractivity (Wildman–Crippen MR) is 108 cm³/mol. The van der Waals surface area contributed by atoms with Gasteiger partial charge in [0.05, 0.1) is 5.39 Å². The van der Waals surface area contributed by atoms with E-state index in [1.54, 1.807) is 11.0 Å². The van der Waals surface area contributed by atoms with Crippen LogP contribution in [-0.4, -0.2) is 14.3 Å². The summed E-state index contributed by atoms with van der Waals surface area (Å²) in [6.45, 7) is 8.34. The summed E-state index contributed by atoms with van der Waals surface area (Å²) in [7, 11) is 0. The van der Waals surface area contributed by atoms with Crippen LogP contribution in [0.2, 0.25) is 0 Å². The van der Waals surface area contributed by atoms with Gasteiger partial charge in [0.15, 0.2) is 0 Å². The molecular formula is C21H21N3OS. The van der Waals surface area contributed by atoms with Crippen LogP contribution in [0.5, 0.6) is 0 Å². The molecule has 0 spiro atoms. The third kappa shape index (κ3) is 2.59. The maximum absolute atomic E-state index is 13.3. The quantitative estimate of drug-likeness (QED) is 0.515. The van der Waals surface area contributed by atoms with Gasteiger partial charge in [0.1, 0.15) is 11.2 Å². The molecule has 4 rings (SSSR count). The maximum atomic E-state index is 13.3. The van der Waals surface area contributed by atoms with E-state index in [-0.39, 0.29) is 5.56 Å². The van der Waals surface area contributed by atoms with Crippen LogP contribution >= 0.6 is 11.3 Å². The highest BCUT2D eigenvalue weighted by molar-refractivity contribution is 7.17. The Balaban J connectivity index is 1.93. The summed E-state index contributed by atoms with van der Waals surface area (Å²) in [5.41, 5.74) is 5.27. The van der Waals surface area contributed by atoms with Gasteiger partial charge in [-0.05, 0) is 43.0 Å². The summed E-state index contributed by atoms with van der Waals surface area (Å²) in [4.78, 5) is 18.6. The first kappa shape index (κ1) is 16.8. The van der Waals surface area contributed by atoms with Crippen molar-refractivity contribution < 1.29 is 0 Å². The molecule has 3 aromatic heterocycles. The molecule has 26 heavy (non-hydrogen) atoms. The number of aromatic nitrogens is 3. The largest absolute Gasteiger partial charge is 0.282 e. The van der Waals surface area contributed by atoms with Crippen molar-refractivity contribution in [2.75, 3.05) is 0 Å². The zero-order valence-corrected chi connectivity index (χ0v) is 16.2. The van der Waals surface area contributed by atoms with Crippen LogP contribution in [0.25, 0.3) is 21.3 Å². The third-order valence-corrected chi connectivity index (χ3v) is 5.70. The average molecular weight is 363 g/mol. The molecule has 0 unspecified atom stereocenters. The van der Waals surface area contributed by atoms with Crippen molar-refractivity contribution in [3.8, 4) is 11.1 Å². The molecule has 0 fully saturated rings. The molecule has 0 aliphatic heterocycles. The Bertz CT molecular complexity index is 1130. The molecule has 4 aromatic rings. The van der Waals surface area contributed by atoms with Crippen molar-refractivity contribution in [1.82, 2.24) is 14.3 Å². The molecular weight excluding hydrogens is 342 g/mol. The fourth-order valence-electron chi connectivity index (χ4n) is 3.33. The second kappa shape index (κ2) is 6.25. The lowest BCUT2D eigenvalue weighted by Crippen LogP contribution is -2.27. The molecule has 0 radical (unpaired) electrons. The standard InChI is InChI=1S/C21H21N3OS/c1-13(2)16-7-9-17(10-8-16)18-11-26-20-19(18)21(25)23(12-22-20)24-14(3)5-6-15(24)4/h5-13H,1-4H3. The summed E-state index contributed by atoms with van der Waals surface area (Å²) in [6, 6.07) is 12.5. The molecule has 0 aliphatic rings. The van der Waals surface area contributed by atoms with Crippen LogP contribution in [0.4, 0.5) is 0 Å². The topological polar surface area (TPSA) is 39.8 Å². The summed E-state index contributed by atoms with van der Waals surface area (Å²) in [6.07, 6.45) is 1.62. The number of hydrogen-bond donors (Lipinski definition) is 0. The van der Waals surface area contributed by atoms with Gasteiger partial charge in [0.2, 0.25) is 0 Å². The molecule has 0 N–H and O–H groups in total. The van der Waals surface area contributed by atoms with Gasteiger partial charge < -0.3 is 0 Å². The first-order valence-electron chi connectivity index (χ1n) is 8.72. The minimum Gasteiger partial charge on any atom is -0.267 e. The molecule has 0 atom stereocenters. The fraction of sp³-hybridized carbons (Fsp3) is 0.238. The van der Waals surface area contributed by atoms with Crippen LogP contribution in [-0.2, 0) is 0 Å².